The maximum absolute atomic E-state index is 13.2. The molecule has 3 rings (SSSR count). The first kappa shape index (κ1) is 21.9. The molecule has 1 saturated heterocycles. The van der Waals surface area contributed by atoms with Crippen LogP contribution in [-0.2, 0) is 21.0 Å². The summed E-state index contributed by atoms with van der Waals surface area (Å²) in [7, 11) is -4.54. The Hall–Kier alpha value is -2.79. The first-order valence-corrected chi connectivity index (χ1v) is 10.7. The number of anilines is 2. The molecule has 0 saturated carbocycles. The molecule has 0 unspecified atom stereocenters. The van der Waals surface area contributed by atoms with Crippen LogP contribution in [0, 0.1) is 0 Å². The van der Waals surface area contributed by atoms with Gasteiger partial charge in [0, 0.05) is 37.6 Å². The second-order valence-electron chi connectivity index (χ2n) is 6.81. The van der Waals surface area contributed by atoms with Crippen LogP contribution in [0.15, 0.2) is 53.4 Å². The van der Waals surface area contributed by atoms with E-state index in [0.717, 1.165) is 17.8 Å². The number of rotatable bonds is 5. The summed E-state index contributed by atoms with van der Waals surface area (Å²) in [6, 6.07) is 12.3. The molecule has 0 aliphatic carbocycles. The highest BCUT2D eigenvalue weighted by Gasteiger charge is 2.36. The Bertz CT molecular complexity index is 1010. The minimum absolute atomic E-state index is 0.0222. The highest BCUT2D eigenvalue weighted by molar-refractivity contribution is 7.89. The minimum Gasteiger partial charge on any atom is -0.376 e. The number of alkyl halides is 3. The molecule has 7 nitrogen and oxygen atoms in total. The summed E-state index contributed by atoms with van der Waals surface area (Å²) >= 11 is 0. The molecule has 0 radical (unpaired) electrons. The third kappa shape index (κ3) is 5.22. The molecule has 0 bridgehead atoms. The van der Waals surface area contributed by atoms with E-state index in [9.17, 15) is 26.4 Å². The van der Waals surface area contributed by atoms with Gasteiger partial charge in [-0.1, -0.05) is 18.2 Å². The molecule has 2 aromatic carbocycles. The van der Waals surface area contributed by atoms with Crippen LogP contribution in [0.1, 0.15) is 5.56 Å². The number of para-hydroxylation sites is 1. The van der Waals surface area contributed by atoms with Gasteiger partial charge in [0.05, 0.1) is 17.0 Å². The van der Waals surface area contributed by atoms with E-state index in [4.69, 9.17) is 5.14 Å². The lowest BCUT2D eigenvalue weighted by atomic mass is 10.2. The molecule has 162 valence electrons. The number of nitrogens with zero attached hydrogens (tertiary/aromatic N) is 2. The highest BCUT2D eigenvalue weighted by atomic mass is 32.2. The molecule has 0 aromatic heterocycles. The van der Waals surface area contributed by atoms with E-state index < -0.39 is 26.7 Å². The smallest absolute Gasteiger partial charge is 0.376 e. The fraction of sp³-hybridized carbons (Fsp3) is 0.316. The van der Waals surface area contributed by atoms with E-state index in [2.05, 4.69) is 10.2 Å². The van der Waals surface area contributed by atoms with Crippen molar-refractivity contribution in [2.45, 2.75) is 11.1 Å². The summed E-state index contributed by atoms with van der Waals surface area (Å²) in [6.45, 7) is 2.08. The highest BCUT2D eigenvalue weighted by Crippen LogP contribution is 2.35. The zero-order valence-electron chi connectivity index (χ0n) is 15.9. The third-order valence-electron chi connectivity index (χ3n) is 4.79. The fourth-order valence-corrected chi connectivity index (χ4v) is 3.99. The number of primary sulfonamides is 1. The zero-order chi connectivity index (χ0) is 21.9. The number of carbonyl (C=O) groups excluding carboxylic acids is 1. The topological polar surface area (TPSA) is 95.7 Å². The zero-order valence-corrected chi connectivity index (χ0v) is 16.7. The summed E-state index contributed by atoms with van der Waals surface area (Å²) in [5, 5.41) is 7.50. The van der Waals surface area contributed by atoms with Gasteiger partial charge in [0.15, 0.2) is 0 Å². The summed E-state index contributed by atoms with van der Waals surface area (Å²) in [5.41, 5.74) is -0.331. The van der Waals surface area contributed by atoms with E-state index in [1.165, 1.54) is 0 Å². The van der Waals surface area contributed by atoms with Crippen LogP contribution in [0.5, 0.6) is 0 Å². The molecule has 0 atom stereocenters. The SMILES string of the molecule is NS(=O)(=O)c1ccc(NCC(=O)N2CCN(c3ccccc3)CC2)cc1C(F)(F)F. The van der Waals surface area contributed by atoms with E-state index in [-0.39, 0.29) is 18.1 Å². The average Bonchev–Trinajstić information content (AvgIpc) is 2.71. The molecule has 1 fully saturated rings. The molecule has 1 heterocycles. The standard InChI is InChI=1S/C19H21F3N4O3S/c20-19(21,22)16-12-14(6-7-17(16)30(23,28)29)24-13-18(27)26-10-8-25(9-11-26)15-4-2-1-3-5-15/h1-7,12,24H,8-11,13H2,(H2,23,28,29). The molecule has 2 aromatic rings. The van der Waals surface area contributed by atoms with Gasteiger partial charge in [0.2, 0.25) is 15.9 Å². The van der Waals surface area contributed by atoms with Crippen molar-refractivity contribution >= 4 is 27.3 Å². The predicted molar refractivity (Wildman–Crippen MR) is 107 cm³/mol. The van der Waals surface area contributed by atoms with Gasteiger partial charge in [-0.05, 0) is 30.3 Å². The van der Waals surface area contributed by atoms with E-state index in [1.54, 1.807) is 4.90 Å². The molecule has 3 N–H and O–H groups in total. The van der Waals surface area contributed by atoms with Crippen LogP contribution in [0.4, 0.5) is 24.5 Å². The van der Waals surface area contributed by atoms with Crippen molar-refractivity contribution in [3.8, 4) is 0 Å². The lowest BCUT2D eigenvalue weighted by Crippen LogP contribution is -2.50. The van der Waals surface area contributed by atoms with Gasteiger partial charge in [-0.3, -0.25) is 4.79 Å². The van der Waals surface area contributed by atoms with Gasteiger partial charge in [-0.15, -0.1) is 0 Å². The lowest BCUT2D eigenvalue weighted by molar-refractivity contribution is -0.139. The van der Waals surface area contributed by atoms with Crippen molar-refractivity contribution < 1.29 is 26.4 Å². The van der Waals surface area contributed by atoms with Gasteiger partial charge in [-0.2, -0.15) is 13.2 Å². The molecule has 1 aliphatic rings. The lowest BCUT2D eigenvalue weighted by Gasteiger charge is -2.36. The Morgan fingerprint density at radius 2 is 1.67 bits per heavy atom. The van der Waals surface area contributed by atoms with Crippen molar-refractivity contribution in [3.05, 3.63) is 54.1 Å². The number of sulfonamides is 1. The van der Waals surface area contributed by atoms with Crippen LogP contribution in [0.3, 0.4) is 0 Å². The van der Waals surface area contributed by atoms with Crippen LogP contribution in [-0.4, -0.2) is 51.9 Å². The number of benzene rings is 2. The molecule has 30 heavy (non-hydrogen) atoms. The van der Waals surface area contributed by atoms with Gasteiger partial charge in [-0.25, -0.2) is 13.6 Å². The third-order valence-corrected chi connectivity index (χ3v) is 5.76. The number of amides is 1. The number of nitrogens with two attached hydrogens (primary N) is 1. The molecule has 11 heteroatoms. The van der Waals surface area contributed by atoms with Crippen molar-refractivity contribution in [1.29, 1.82) is 0 Å². The average molecular weight is 442 g/mol. The number of piperazine rings is 1. The Morgan fingerprint density at radius 1 is 1.03 bits per heavy atom. The number of carbonyl (C=O) groups is 1. The summed E-state index contributed by atoms with van der Waals surface area (Å²) in [4.78, 5) is 15.2. The Labute approximate surface area is 172 Å². The molecule has 1 amide bonds. The number of halogens is 3. The maximum atomic E-state index is 13.2. The molecule has 0 spiro atoms. The predicted octanol–water partition coefficient (Wildman–Crippen LogP) is 2.11. The molecule has 1 aliphatic heterocycles. The van der Waals surface area contributed by atoms with Gasteiger partial charge < -0.3 is 15.1 Å². The normalized spacial score (nSPS) is 15.2. The van der Waals surface area contributed by atoms with Crippen LogP contribution in [0.2, 0.25) is 0 Å². The van der Waals surface area contributed by atoms with Crippen molar-refractivity contribution in [1.82, 2.24) is 4.90 Å². The Kier molecular flexibility index (Phi) is 6.22. The molecular weight excluding hydrogens is 421 g/mol. The summed E-state index contributed by atoms with van der Waals surface area (Å²) < 4.78 is 62.4. The number of hydrogen-bond donors (Lipinski definition) is 2. The Morgan fingerprint density at radius 3 is 2.23 bits per heavy atom. The first-order chi connectivity index (χ1) is 14.1. The van der Waals surface area contributed by atoms with Crippen LogP contribution < -0.4 is 15.4 Å². The van der Waals surface area contributed by atoms with Crippen molar-refractivity contribution in [2.24, 2.45) is 5.14 Å². The van der Waals surface area contributed by atoms with E-state index >= 15 is 0 Å². The summed E-state index contributed by atoms with van der Waals surface area (Å²) in [6.07, 6.45) is -4.91. The van der Waals surface area contributed by atoms with E-state index in [1.807, 2.05) is 30.3 Å². The quantitative estimate of drug-likeness (QED) is 0.740. The first-order valence-electron chi connectivity index (χ1n) is 9.11. The monoisotopic (exact) mass is 442 g/mol. The fourth-order valence-electron chi connectivity index (χ4n) is 3.25. The van der Waals surface area contributed by atoms with Crippen LogP contribution >= 0.6 is 0 Å². The Balaban J connectivity index is 1.61. The van der Waals surface area contributed by atoms with Gasteiger partial charge in [0.25, 0.3) is 0 Å². The van der Waals surface area contributed by atoms with E-state index in [0.29, 0.717) is 32.2 Å². The minimum atomic E-state index is -4.91. The van der Waals surface area contributed by atoms with Gasteiger partial charge >= 0.3 is 6.18 Å². The largest absolute Gasteiger partial charge is 0.417 e. The second kappa shape index (κ2) is 8.52. The number of hydrogen-bond acceptors (Lipinski definition) is 5. The van der Waals surface area contributed by atoms with Crippen molar-refractivity contribution in [3.63, 3.8) is 0 Å². The van der Waals surface area contributed by atoms with Gasteiger partial charge in [0.1, 0.15) is 0 Å². The van der Waals surface area contributed by atoms with Crippen LogP contribution in [0.25, 0.3) is 0 Å². The number of nitrogens with one attached hydrogen (secondary N) is 1. The maximum Gasteiger partial charge on any atom is 0.417 e. The summed E-state index contributed by atoms with van der Waals surface area (Å²) in [5.74, 6) is -0.258. The van der Waals surface area contributed by atoms with Crippen molar-refractivity contribution in [2.75, 3.05) is 42.9 Å². The molecular formula is C19H21F3N4O3S. The second-order valence-corrected chi connectivity index (χ2v) is 8.34.